The molecular weight excluding hydrogens is 330 g/mol. The summed E-state index contributed by atoms with van der Waals surface area (Å²) < 4.78 is 2.90. The standard InChI is InChI=1S/C15H12BrN5/c16-11-3-1-2-10(8-11)13-5-4-12(14-17-6-7-18-14)15-19-9-20-21(13)15/h1-5,8-9H,6-7H2,(H,17,18). The first-order chi connectivity index (χ1) is 10.3. The number of fused-ring (bicyclic) bond motifs is 1. The van der Waals surface area contributed by atoms with Gasteiger partial charge in [-0.15, -0.1) is 0 Å². The summed E-state index contributed by atoms with van der Waals surface area (Å²) in [5.41, 5.74) is 3.91. The monoisotopic (exact) mass is 341 g/mol. The molecule has 1 N–H and O–H groups in total. The maximum atomic E-state index is 4.47. The van der Waals surface area contributed by atoms with Crippen LogP contribution in [0.3, 0.4) is 0 Å². The zero-order chi connectivity index (χ0) is 14.2. The summed E-state index contributed by atoms with van der Waals surface area (Å²) in [5.74, 6) is 0.897. The number of amidine groups is 1. The molecule has 21 heavy (non-hydrogen) atoms. The lowest BCUT2D eigenvalue weighted by molar-refractivity contribution is 0.955. The minimum absolute atomic E-state index is 0.809. The molecule has 5 nitrogen and oxygen atoms in total. The average molecular weight is 342 g/mol. The van der Waals surface area contributed by atoms with E-state index in [0.717, 1.165) is 45.9 Å². The van der Waals surface area contributed by atoms with Gasteiger partial charge in [-0.1, -0.05) is 28.1 Å². The maximum Gasteiger partial charge on any atom is 0.166 e. The number of hydrogen-bond donors (Lipinski definition) is 1. The molecule has 0 bridgehead atoms. The van der Waals surface area contributed by atoms with Crippen molar-refractivity contribution >= 4 is 27.4 Å². The predicted molar refractivity (Wildman–Crippen MR) is 85.5 cm³/mol. The van der Waals surface area contributed by atoms with Crippen LogP contribution in [0.2, 0.25) is 0 Å². The number of hydrogen-bond acceptors (Lipinski definition) is 4. The molecule has 3 aromatic rings. The summed E-state index contributed by atoms with van der Waals surface area (Å²) in [4.78, 5) is 8.86. The van der Waals surface area contributed by atoms with Gasteiger partial charge in [0.25, 0.3) is 0 Å². The molecule has 2 aromatic heterocycles. The molecule has 0 aliphatic carbocycles. The van der Waals surface area contributed by atoms with Crippen LogP contribution in [0.4, 0.5) is 0 Å². The van der Waals surface area contributed by atoms with Gasteiger partial charge < -0.3 is 5.32 Å². The van der Waals surface area contributed by atoms with E-state index in [1.807, 2.05) is 16.6 Å². The first-order valence-electron chi connectivity index (χ1n) is 6.70. The van der Waals surface area contributed by atoms with Gasteiger partial charge >= 0.3 is 0 Å². The molecule has 0 radical (unpaired) electrons. The SMILES string of the molecule is Brc1cccc(-c2ccc(C3=NCCN3)c3ncnn23)c1. The van der Waals surface area contributed by atoms with Gasteiger partial charge in [-0.25, -0.2) is 9.50 Å². The van der Waals surface area contributed by atoms with E-state index in [1.165, 1.54) is 0 Å². The Hall–Kier alpha value is -2.21. The van der Waals surface area contributed by atoms with Gasteiger partial charge in [0.2, 0.25) is 0 Å². The van der Waals surface area contributed by atoms with Crippen LogP contribution in [0.5, 0.6) is 0 Å². The third-order valence-corrected chi connectivity index (χ3v) is 3.97. The fraction of sp³-hybridized carbons (Fsp3) is 0.133. The lowest BCUT2D eigenvalue weighted by Gasteiger charge is -2.09. The van der Waals surface area contributed by atoms with Crippen molar-refractivity contribution in [3.63, 3.8) is 0 Å². The van der Waals surface area contributed by atoms with Crippen LogP contribution in [-0.4, -0.2) is 33.5 Å². The van der Waals surface area contributed by atoms with Crippen molar-refractivity contribution in [2.75, 3.05) is 13.1 Å². The Morgan fingerprint density at radius 1 is 1.19 bits per heavy atom. The van der Waals surface area contributed by atoms with Crippen LogP contribution in [0.1, 0.15) is 5.56 Å². The highest BCUT2D eigenvalue weighted by atomic mass is 79.9. The van der Waals surface area contributed by atoms with E-state index >= 15 is 0 Å². The number of rotatable bonds is 2. The lowest BCUT2D eigenvalue weighted by Crippen LogP contribution is -2.20. The van der Waals surface area contributed by atoms with Gasteiger partial charge in [-0.2, -0.15) is 5.10 Å². The van der Waals surface area contributed by atoms with E-state index in [0.29, 0.717) is 0 Å². The molecule has 0 amide bonds. The van der Waals surface area contributed by atoms with Gasteiger partial charge in [-0.05, 0) is 24.3 Å². The Kier molecular flexibility index (Phi) is 2.96. The van der Waals surface area contributed by atoms with E-state index < -0.39 is 0 Å². The number of aromatic nitrogens is 3. The highest BCUT2D eigenvalue weighted by Gasteiger charge is 2.16. The Bertz CT molecular complexity index is 852. The summed E-state index contributed by atoms with van der Waals surface area (Å²) in [7, 11) is 0. The Balaban J connectivity index is 1.93. The fourth-order valence-corrected chi connectivity index (χ4v) is 2.94. The fourth-order valence-electron chi connectivity index (χ4n) is 2.54. The number of aliphatic imine (C=N–C) groups is 1. The highest BCUT2D eigenvalue weighted by Crippen LogP contribution is 2.24. The third-order valence-electron chi connectivity index (χ3n) is 3.47. The van der Waals surface area contributed by atoms with Crippen LogP contribution in [0.25, 0.3) is 16.9 Å². The summed E-state index contributed by atoms with van der Waals surface area (Å²) in [5, 5.41) is 7.65. The molecule has 1 aliphatic rings. The molecule has 3 heterocycles. The number of benzene rings is 1. The van der Waals surface area contributed by atoms with Gasteiger partial charge in [0.1, 0.15) is 12.2 Å². The Labute approximate surface area is 129 Å². The molecule has 0 saturated carbocycles. The second-order valence-electron chi connectivity index (χ2n) is 4.80. The zero-order valence-corrected chi connectivity index (χ0v) is 12.7. The van der Waals surface area contributed by atoms with Crippen molar-refractivity contribution in [2.24, 2.45) is 4.99 Å². The van der Waals surface area contributed by atoms with Gasteiger partial charge in [0.15, 0.2) is 5.65 Å². The molecule has 1 aliphatic heterocycles. The van der Waals surface area contributed by atoms with E-state index in [2.05, 4.69) is 60.6 Å². The van der Waals surface area contributed by atoms with Crippen molar-refractivity contribution in [3.05, 3.63) is 52.8 Å². The molecule has 0 atom stereocenters. The largest absolute Gasteiger partial charge is 0.368 e. The second kappa shape index (κ2) is 4.96. The van der Waals surface area contributed by atoms with Gasteiger partial charge in [-0.3, -0.25) is 4.99 Å². The summed E-state index contributed by atoms with van der Waals surface area (Å²) >= 11 is 3.51. The molecule has 1 aromatic carbocycles. The van der Waals surface area contributed by atoms with Crippen LogP contribution in [-0.2, 0) is 0 Å². The smallest absolute Gasteiger partial charge is 0.166 e. The second-order valence-corrected chi connectivity index (χ2v) is 5.71. The first kappa shape index (κ1) is 12.5. The Morgan fingerprint density at radius 3 is 2.95 bits per heavy atom. The summed E-state index contributed by atoms with van der Waals surface area (Å²) in [6, 6.07) is 12.3. The van der Waals surface area contributed by atoms with Gasteiger partial charge in [0, 0.05) is 16.6 Å². The number of nitrogens with one attached hydrogen (secondary N) is 1. The number of pyridine rings is 1. The summed E-state index contributed by atoms with van der Waals surface area (Å²) in [6.45, 7) is 1.69. The summed E-state index contributed by atoms with van der Waals surface area (Å²) in [6.07, 6.45) is 1.58. The normalized spacial score (nSPS) is 14.2. The maximum absolute atomic E-state index is 4.47. The van der Waals surface area contributed by atoms with E-state index in [4.69, 9.17) is 0 Å². The van der Waals surface area contributed by atoms with Crippen LogP contribution in [0.15, 0.2) is 52.2 Å². The van der Waals surface area contributed by atoms with E-state index in [9.17, 15) is 0 Å². The minimum atomic E-state index is 0.809. The van der Waals surface area contributed by atoms with Crippen molar-refractivity contribution in [2.45, 2.75) is 0 Å². The highest BCUT2D eigenvalue weighted by molar-refractivity contribution is 9.10. The topological polar surface area (TPSA) is 54.6 Å². The molecule has 0 unspecified atom stereocenters. The molecular formula is C15H12BrN5. The van der Waals surface area contributed by atoms with E-state index in [1.54, 1.807) is 6.33 Å². The quantitative estimate of drug-likeness (QED) is 0.779. The molecule has 0 fully saturated rings. The van der Waals surface area contributed by atoms with Crippen molar-refractivity contribution in [3.8, 4) is 11.3 Å². The molecule has 4 rings (SSSR count). The van der Waals surface area contributed by atoms with Crippen molar-refractivity contribution in [1.82, 2.24) is 19.9 Å². The minimum Gasteiger partial charge on any atom is -0.368 e. The first-order valence-corrected chi connectivity index (χ1v) is 7.49. The zero-order valence-electron chi connectivity index (χ0n) is 11.1. The average Bonchev–Trinajstić information content (AvgIpc) is 3.17. The Morgan fingerprint density at radius 2 is 2.14 bits per heavy atom. The van der Waals surface area contributed by atoms with Crippen LogP contribution < -0.4 is 5.32 Å². The molecule has 0 saturated heterocycles. The predicted octanol–water partition coefficient (Wildman–Crippen LogP) is 2.51. The van der Waals surface area contributed by atoms with Gasteiger partial charge in [0.05, 0.1) is 17.8 Å². The third kappa shape index (κ3) is 2.12. The van der Waals surface area contributed by atoms with Crippen LogP contribution in [0, 0.1) is 0 Å². The lowest BCUT2D eigenvalue weighted by atomic mass is 10.1. The van der Waals surface area contributed by atoms with Crippen molar-refractivity contribution in [1.29, 1.82) is 0 Å². The van der Waals surface area contributed by atoms with Crippen LogP contribution >= 0.6 is 15.9 Å². The molecule has 0 spiro atoms. The number of halogens is 1. The van der Waals surface area contributed by atoms with Crippen molar-refractivity contribution < 1.29 is 0 Å². The number of nitrogens with zero attached hydrogens (tertiary/aromatic N) is 4. The van der Waals surface area contributed by atoms with E-state index in [-0.39, 0.29) is 0 Å². The molecule has 6 heteroatoms. The molecule has 104 valence electrons.